The molecule has 2 aromatic carbocycles. The Hall–Kier alpha value is -3.45. The molecule has 1 amide bonds. The van der Waals surface area contributed by atoms with Gasteiger partial charge in [-0.05, 0) is 42.3 Å². The molecule has 0 saturated carbocycles. The fourth-order valence-corrected chi connectivity index (χ4v) is 5.24. The minimum absolute atomic E-state index is 0.00157. The molecule has 34 heavy (non-hydrogen) atoms. The molecular formula is C27H28N4O2S. The third-order valence-corrected chi connectivity index (χ3v) is 7.36. The lowest BCUT2D eigenvalue weighted by Gasteiger charge is -2.33. The van der Waals surface area contributed by atoms with Gasteiger partial charge in [0, 0.05) is 25.6 Å². The van der Waals surface area contributed by atoms with Gasteiger partial charge in [-0.2, -0.15) is 0 Å². The SMILES string of the molecule is Cc1ccc(Cn2c(N3CCC(C(=O)NCc4ccccc4)CC3)nc3ccsc3c2=O)cc1. The van der Waals surface area contributed by atoms with Gasteiger partial charge in [0.05, 0.1) is 12.1 Å². The number of fused-ring (bicyclic) bond motifs is 1. The van der Waals surface area contributed by atoms with Crippen molar-refractivity contribution < 1.29 is 4.79 Å². The van der Waals surface area contributed by atoms with Crippen molar-refractivity contribution >= 4 is 33.4 Å². The van der Waals surface area contributed by atoms with Gasteiger partial charge in [-0.1, -0.05) is 60.2 Å². The highest BCUT2D eigenvalue weighted by Crippen LogP contribution is 2.25. The number of hydrogen-bond acceptors (Lipinski definition) is 5. The average molecular weight is 473 g/mol. The van der Waals surface area contributed by atoms with Crippen molar-refractivity contribution in [1.82, 2.24) is 14.9 Å². The molecule has 1 aliphatic heterocycles. The summed E-state index contributed by atoms with van der Waals surface area (Å²) < 4.78 is 2.48. The first kappa shape index (κ1) is 22.3. The van der Waals surface area contributed by atoms with Gasteiger partial charge in [0.1, 0.15) is 4.70 Å². The molecule has 5 rings (SSSR count). The first-order valence-electron chi connectivity index (χ1n) is 11.7. The Kier molecular flexibility index (Phi) is 6.45. The number of rotatable bonds is 6. The topological polar surface area (TPSA) is 67.2 Å². The van der Waals surface area contributed by atoms with E-state index in [0.29, 0.717) is 36.8 Å². The van der Waals surface area contributed by atoms with Crippen molar-refractivity contribution in [1.29, 1.82) is 0 Å². The van der Waals surface area contributed by atoms with Crippen LogP contribution in [-0.4, -0.2) is 28.5 Å². The third kappa shape index (κ3) is 4.75. The zero-order chi connectivity index (χ0) is 23.5. The molecule has 1 saturated heterocycles. The maximum absolute atomic E-state index is 13.4. The van der Waals surface area contributed by atoms with Gasteiger partial charge in [-0.15, -0.1) is 11.3 Å². The van der Waals surface area contributed by atoms with Crippen LogP contribution in [0.2, 0.25) is 0 Å². The fourth-order valence-electron chi connectivity index (χ4n) is 4.46. The summed E-state index contributed by atoms with van der Waals surface area (Å²) in [7, 11) is 0. The molecule has 0 bridgehead atoms. The molecule has 1 fully saturated rings. The molecule has 7 heteroatoms. The molecule has 0 spiro atoms. The zero-order valence-electron chi connectivity index (χ0n) is 19.2. The van der Waals surface area contributed by atoms with Gasteiger partial charge in [-0.25, -0.2) is 4.98 Å². The Morgan fingerprint density at radius 1 is 1.03 bits per heavy atom. The highest BCUT2D eigenvalue weighted by molar-refractivity contribution is 7.17. The van der Waals surface area contributed by atoms with Crippen molar-refractivity contribution in [2.75, 3.05) is 18.0 Å². The first-order chi connectivity index (χ1) is 16.6. The van der Waals surface area contributed by atoms with Crippen LogP contribution in [0.25, 0.3) is 10.2 Å². The van der Waals surface area contributed by atoms with Crippen molar-refractivity contribution in [2.24, 2.45) is 5.92 Å². The quantitative estimate of drug-likeness (QED) is 0.453. The molecule has 2 aromatic heterocycles. The molecule has 0 radical (unpaired) electrons. The van der Waals surface area contributed by atoms with Crippen molar-refractivity contribution in [2.45, 2.75) is 32.9 Å². The Balaban J connectivity index is 1.32. The second-order valence-electron chi connectivity index (χ2n) is 8.89. The Morgan fingerprint density at radius 3 is 2.50 bits per heavy atom. The molecule has 0 atom stereocenters. The number of nitrogens with one attached hydrogen (secondary N) is 1. The lowest BCUT2D eigenvalue weighted by molar-refractivity contribution is -0.125. The van der Waals surface area contributed by atoms with Crippen LogP contribution >= 0.6 is 11.3 Å². The van der Waals surface area contributed by atoms with Crippen molar-refractivity contribution in [3.63, 3.8) is 0 Å². The zero-order valence-corrected chi connectivity index (χ0v) is 20.1. The van der Waals surface area contributed by atoms with Crippen LogP contribution in [0.15, 0.2) is 70.8 Å². The van der Waals surface area contributed by atoms with Crippen LogP contribution < -0.4 is 15.8 Å². The minimum Gasteiger partial charge on any atom is -0.352 e. The summed E-state index contributed by atoms with van der Waals surface area (Å²) in [5, 5.41) is 4.99. The van der Waals surface area contributed by atoms with Gasteiger partial charge in [0.25, 0.3) is 5.56 Å². The van der Waals surface area contributed by atoms with E-state index in [-0.39, 0.29) is 17.4 Å². The number of anilines is 1. The van der Waals surface area contributed by atoms with E-state index in [1.807, 2.05) is 41.8 Å². The molecule has 1 aliphatic rings. The largest absolute Gasteiger partial charge is 0.352 e. The number of aryl methyl sites for hydroxylation is 1. The van der Waals surface area contributed by atoms with E-state index in [4.69, 9.17) is 4.98 Å². The average Bonchev–Trinajstić information content (AvgIpc) is 3.35. The summed E-state index contributed by atoms with van der Waals surface area (Å²) in [6.07, 6.45) is 1.48. The van der Waals surface area contributed by atoms with Gasteiger partial charge in [-0.3, -0.25) is 14.2 Å². The summed E-state index contributed by atoms with van der Waals surface area (Å²) in [4.78, 5) is 33.1. The van der Waals surface area contributed by atoms with Gasteiger partial charge in [0.2, 0.25) is 11.9 Å². The lowest BCUT2D eigenvalue weighted by atomic mass is 9.96. The van der Waals surface area contributed by atoms with Crippen molar-refractivity contribution in [3.8, 4) is 0 Å². The maximum Gasteiger partial charge on any atom is 0.273 e. The highest BCUT2D eigenvalue weighted by Gasteiger charge is 2.27. The molecular weight excluding hydrogens is 444 g/mol. The Labute approximate surface area is 202 Å². The molecule has 4 aromatic rings. The monoisotopic (exact) mass is 472 g/mol. The highest BCUT2D eigenvalue weighted by atomic mass is 32.1. The van der Waals surface area contributed by atoms with Crippen LogP contribution in [-0.2, 0) is 17.9 Å². The van der Waals surface area contributed by atoms with Crippen LogP contribution in [0.5, 0.6) is 0 Å². The normalized spacial score (nSPS) is 14.4. The maximum atomic E-state index is 13.4. The standard InChI is InChI=1S/C27H28N4O2S/c1-19-7-9-21(10-8-19)18-31-26(33)24-23(13-16-34-24)29-27(31)30-14-11-22(12-15-30)25(32)28-17-20-5-3-2-4-6-20/h2-10,13,16,22H,11-12,14-15,17-18H2,1H3,(H,28,32). The molecule has 3 heterocycles. The van der Waals surface area contributed by atoms with E-state index in [0.717, 1.165) is 29.5 Å². The molecule has 6 nitrogen and oxygen atoms in total. The third-order valence-electron chi connectivity index (χ3n) is 6.47. The lowest BCUT2D eigenvalue weighted by Crippen LogP contribution is -2.42. The molecule has 0 unspecified atom stereocenters. The number of nitrogens with zero attached hydrogens (tertiary/aromatic N) is 3. The second-order valence-corrected chi connectivity index (χ2v) is 9.80. The van der Waals surface area contributed by atoms with Crippen molar-refractivity contribution in [3.05, 3.63) is 93.1 Å². The van der Waals surface area contributed by atoms with E-state index in [9.17, 15) is 9.59 Å². The summed E-state index contributed by atoms with van der Waals surface area (Å²) in [5.41, 5.74) is 4.10. The molecule has 0 aliphatic carbocycles. The molecule has 174 valence electrons. The predicted octanol–water partition coefficient (Wildman–Crippen LogP) is 4.35. The number of amides is 1. The van der Waals surface area contributed by atoms with Gasteiger partial charge < -0.3 is 10.2 Å². The smallest absolute Gasteiger partial charge is 0.273 e. The summed E-state index contributed by atoms with van der Waals surface area (Å²) >= 11 is 1.44. The van der Waals surface area contributed by atoms with Crippen LogP contribution in [0, 0.1) is 12.8 Å². The van der Waals surface area contributed by atoms with E-state index in [1.165, 1.54) is 16.9 Å². The molecule has 1 N–H and O–H groups in total. The van der Waals surface area contributed by atoms with E-state index < -0.39 is 0 Å². The second kappa shape index (κ2) is 9.81. The number of piperidine rings is 1. The summed E-state index contributed by atoms with van der Waals surface area (Å²) in [6, 6.07) is 20.1. The predicted molar refractivity (Wildman–Crippen MR) is 137 cm³/mol. The number of thiophene rings is 1. The summed E-state index contributed by atoms with van der Waals surface area (Å²) in [6.45, 7) is 4.47. The number of hydrogen-bond donors (Lipinski definition) is 1. The van der Waals surface area contributed by atoms with E-state index in [1.54, 1.807) is 4.57 Å². The minimum atomic E-state index is -0.0258. The Morgan fingerprint density at radius 2 is 1.76 bits per heavy atom. The number of benzene rings is 2. The van der Waals surface area contributed by atoms with Crippen LogP contribution in [0.4, 0.5) is 5.95 Å². The van der Waals surface area contributed by atoms with E-state index in [2.05, 4.69) is 41.4 Å². The van der Waals surface area contributed by atoms with E-state index >= 15 is 0 Å². The van der Waals surface area contributed by atoms with Gasteiger partial charge in [0.15, 0.2) is 0 Å². The van der Waals surface area contributed by atoms with Crippen LogP contribution in [0.1, 0.15) is 29.5 Å². The number of aromatic nitrogens is 2. The van der Waals surface area contributed by atoms with Gasteiger partial charge >= 0.3 is 0 Å². The number of carbonyl (C=O) groups is 1. The van der Waals surface area contributed by atoms with Crippen LogP contribution in [0.3, 0.4) is 0 Å². The fraction of sp³-hybridized carbons (Fsp3) is 0.296. The summed E-state index contributed by atoms with van der Waals surface area (Å²) in [5.74, 6) is 0.767. The number of carbonyl (C=O) groups excluding carboxylic acids is 1. The first-order valence-corrected chi connectivity index (χ1v) is 12.6. The Bertz CT molecular complexity index is 1340.